The van der Waals surface area contributed by atoms with Crippen LogP contribution in [0.25, 0.3) is 0 Å². The van der Waals surface area contributed by atoms with Crippen LogP contribution in [0.15, 0.2) is 29.2 Å². The van der Waals surface area contributed by atoms with Crippen LogP contribution >= 0.6 is 11.8 Å². The largest absolute Gasteiger partial charge is 0.307 e. The number of thioether (sulfide) groups is 1. The van der Waals surface area contributed by atoms with Gasteiger partial charge in [0, 0.05) is 24.1 Å². The van der Waals surface area contributed by atoms with Crippen molar-refractivity contribution in [1.82, 2.24) is 5.32 Å². The Labute approximate surface area is 113 Å². The summed E-state index contributed by atoms with van der Waals surface area (Å²) in [5, 5.41) is 3.58. The molecule has 0 amide bonds. The third kappa shape index (κ3) is 3.49. The van der Waals surface area contributed by atoms with Crippen molar-refractivity contribution < 1.29 is 8.42 Å². The Bertz CT molecular complexity index is 496. The van der Waals surface area contributed by atoms with Gasteiger partial charge >= 0.3 is 0 Å². The highest BCUT2D eigenvalue weighted by Gasteiger charge is 2.18. The lowest BCUT2D eigenvalue weighted by Crippen LogP contribution is -2.30. The van der Waals surface area contributed by atoms with Gasteiger partial charge in [-0.25, -0.2) is 8.42 Å². The summed E-state index contributed by atoms with van der Waals surface area (Å²) in [6.45, 7) is 2.20. The second-order valence-corrected chi connectivity index (χ2v) is 7.99. The minimum atomic E-state index is -3.09. The van der Waals surface area contributed by atoms with Gasteiger partial charge in [0.2, 0.25) is 0 Å². The first-order chi connectivity index (χ1) is 8.47. The van der Waals surface area contributed by atoms with E-state index in [1.165, 1.54) is 24.0 Å². The van der Waals surface area contributed by atoms with Crippen molar-refractivity contribution in [3.63, 3.8) is 0 Å². The van der Waals surface area contributed by atoms with Crippen LogP contribution in [-0.4, -0.2) is 32.2 Å². The Morgan fingerprint density at radius 3 is 2.56 bits per heavy atom. The average molecular weight is 285 g/mol. The fourth-order valence-electron chi connectivity index (χ4n) is 2.08. The maximum absolute atomic E-state index is 11.4. The molecule has 1 aromatic rings. The Morgan fingerprint density at radius 1 is 1.28 bits per heavy atom. The van der Waals surface area contributed by atoms with E-state index in [0.29, 0.717) is 17.0 Å². The Hall–Kier alpha value is -0.520. The van der Waals surface area contributed by atoms with Gasteiger partial charge in [0.15, 0.2) is 9.84 Å². The molecule has 1 N–H and O–H groups in total. The SMILES string of the molecule is CC1CCSCC(c2ccc(S(C)(=O)=O)cc2)N1. The van der Waals surface area contributed by atoms with Crippen LogP contribution in [0.4, 0.5) is 0 Å². The molecule has 18 heavy (non-hydrogen) atoms. The van der Waals surface area contributed by atoms with Crippen LogP contribution in [0.2, 0.25) is 0 Å². The molecule has 1 heterocycles. The Kier molecular flexibility index (Phi) is 4.35. The van der Waals surface area contributed by atoms with Crippen LogP contribution in [-0.2, 0) is 9.84 Å². The lowest BCUT2D eigenvalue weighted by molar-refractivity contribution is 0.484. The zero-order valence-electron chi connectivity index (χ0n) is 10.7. The highest BCUT2D eigenvalue weighted by atomic mass is 32.2. The summed E-state index contributed by atoms with van der Waals surface area (Å²) in [5.74, 6) is 2.23. The molecule has 1 aliphatic rings. The molecular weight excluding hydrogens is 266 g/mol. The maximum Gasteiger partial charge on any atom is 0.175 e. The van der Waals surface area contributed by atoms with E-state index in [9.17, 15) is 8.42 Å². The molecule has 0 aliphatic carbocycles. The average Bonchev–Trinajstić information content (AvgIpc) is 2.53. The monoisotopic (exact) mass is 285 g/mol. The minimum absolute atomic E-state index is 0.320. The number of benzene rings is 1. The van der Waals surface area contributed by atoms with Crippen LogP contribution in [0.1, 0.15) is 24.9 Å². The first kappa shape index (κ1) is 13.9. The molecule has 2 atom stereocenters. The molecule has 0 spiro atoms. The number of rotatable bonds is 2. The third-order valence-electron chi connectivity index (χ3n) is 3.18. The molecule has 2 unspecified atom stereocenters. The molecule has 100 valence electrons. The topological polar surface area (TPSA) is 46.2 Å². The quantitative estimate of drug-likeness (QED) is 0.905. The summed E-state index contributed by atoms with van der Waals surface area (Å²) in [6, 6.07) is 8.08. The van der Waals surface area contributed by atoms with Gasteiger partial charge in [-0.3, -0.25) is 0 Å². The third-order valence-corrected chi connectivity index (χ3v) is 5.40. The van der Waals surface area contributed by atoms with Gasteiger partial charge in [-0.15, -0.1) is 0 Å². The molecule has 1 aromatic carbocycles. The minimum Gasteiger partial charge on any atom is -0.307 e. The molecule has 1 saturated heterocycles. The molecule has 5 heteroatoms. The predicted molar refractivity (Wildman–Crippen MR) is 76.8 cm³/mol. The van der Waals surface area contributed by atoms with Gasteiger partial charge in [0.1, 0.15) is 0 Å². The van der Waals surface area contributed by atoms with E-state index in [-0.39, 0.29) is 0 Å². The normalized spacial score (nSPS) is 25.7. The van der Waals surface area contributed by atoms with Crippen LogP contribution in [0.3, 0.4) is 0 Å². The summed E-state index contributed by atoms with van der Waals surface area (Å²) in [6.07, 6.45) is 2.42. The van der Waals surface area contributed by atoms with Crippen molar-refractivity contribution in [3.05, 3.63) is 29.8 Å². The van der Waals surface area contributed by atoms with E-state index in [4.69, 9.17) is 0 Å². The number of hydrogen-bond donors (Lipinski definition) is 1. The van der Waals surface area contributed by atoms with Crippen molar-refractivity contribution in [2.75, 3.05) is 17.8 Å². The number of sulfone groups is 1. The van der Waals surface area contributed by atoms with Crippen molar-refractivity contribution >= 4 is 21.6 Å². The maximum atomic E-state index is 11.4. The van der Waals surface area contributed by atoms with Gasteiger partial charge in [-0.2, -0.15) is 11.8 Å². The van der Waals surface area contributed by atoms with E-state index in [2.05, 4.69) is 12.2 Å². The second kappa shape index (κ2) is 5.63. The first-order valence-corrected chi connectivity index (χ1v) is 9.15. The highest BCUT2D eigenvalue weighted by molar-refractivity contribution is 7.99. The van der Waals surface area contributed by atoms with Gasteiger partial charge in [0.05, 0.1) is 4.90 Å². The van der Waals surface area contributed by atoms with Gasteiger partial charge < -0.3 is 5.32 Å². The zero-order chi connectivity index (χ0) is 13.2. The van der Waals surface area contributed by atoms with Crippen LogP contribution < -0.4 is 5.32 Å². The molecule has 0 bridgehead atoms. The van der Waals surface area contributed by atoms with Crippen LogP contribution in [0, 0.1) is 0 Å². The molecule has 0 saturated carbocycles. The summed E-state index contributed by atoms with van der Waals surface area (Å²) in [5.41, 5.74) is 1.17. The van der Waals surface area contributed by atoms with Gasteiger partial charge in [0.25, 0.3) is 0 Å². The Morgan fingerprint density at radius 2 is 1.94 bits per heavy atom. The molecule has 0 aromatic heterocycles. The molecule has 1 aliphatic heterocycles. The molecular formula is C13H19NO2S2. The summed E-state index contributed by atoms with van der Waals surface area (Å²) in [4.78, 5) is 0.389. The van der Waals surface area contributed by atoms with E-state index < -0.39 is 9.84 Å². The number of nitrogens with one attached hydrogen (secondary N) is 1. The van der Waals surface area contributed by atoms with Crippen molar-refractivity contribution in [2.45, 2.75) is 30.3 Å². The standard InChI is InChI=1S/C13H19NO2S2/c1-10-7-8-17-9-13(14-10)11-3-5-12(6-4-11)18(2,15)16/h3-6,10,13-14H,7-9H2,1-2H3. The summed E-state index contributed by atoms with van der Waals surface area (Å²) >= 11 is 1.95. The second-order valence-electron chi connectivity index (χ2n) is 4.83. The fourth-order valence-corrected chi connectivity index (χ4v) is 3.92. The fraction of sp³-hybridized carbons (Fsp3) is 0.538. The first-order valence-electron chi connectivity index (χ1n) is 6.10. The van der Waals surface area contributed by atoms with E-state index >= 15 is 0 Å². The summed E-state index contributed by atoms with van der Waals surface area (Å²) < 4.78 is 22.8. The predicted octanol–water partition coefficient (Wildman–Crippen LogP) is 2.25. The molecule has 3 nitrogen and oxygen atoms in total. The summed E-state index contributed by atoms with van der Waals surface area (Å²) in [7, 11) is -3.09. The lowest BCUT2D eigenvalue weighted by Gasteiger charge is -2.19. The van der Waals surface area contributed by atoms with Crippen molar-refractivity contribution in [3.8, 4) is 0 Å². The van der Waals surface area contributed by atoms with E-state index in [1.54, 1.807) is 12.1 Å². The zero-order valence-corrected chi connectivity index (χ0v) is 12.4. The lowest BCUT2D eigenvalue weighted by atomic mass is 10.1. The van der Waals surface area contributed by atoms with E-state index in [1.807, 2.05) is 23.9 Å². The van der Waals surface area contributed by atoms with Crippen molar-refractivity contribution in [1.29, 1.82) is 0 Å². The van der Waals surface area contributed by atoms with E-state index in [0.717, 1.165) is 5.75 Å². The highest BCUT2D eigenvalue weighted by Crippen LogP contribution is 2.24. The van der Waals surface area contributed by atoms with Crippen molar-refractivity contribution in [2.24, 2.45) is 0 Å². The molecule has 2 rings (SSSR count). The van der Waals surface area contributed by atoms with Crippen LogP contribution in [0.5, 0.6) is 0 Å². The van der Waals surface area contributed by atoms with Gasteiger partial charge in [-0.05, 0) is 36.8 Å². The van der Waals surface area contributed by atoms with Gasteiger partial charge in [-0.1, -0.05) is 12.1 Å². The number of hydrogen-bond acceptors (Lipinski definition) is 4. The molecule has 0 radical (unpaired) electrons. The molecule has 1 fully saturated rings. The Balaban J connectivity index is 2.18. The smallest absolute Gasteiger partial charge is 0.175 e.